The van der Waals surface area contributed by atoms with Crippen molar-refractivity contribution in [3.05, 3.63) is 0 Å². The summed E-state index contributed by atoms with van der Waals surface area (Å²) >= 11 is 0. The van der Waals surface area contributed by atoms with Crippen molar-refractivity contribution in [3.8, 4) is 0 Å². The number of carbonyl (C=O) groups is 1. The number of piperidine rings is 1. The highest BCUT2D eigenvalue weighted by molar-refractivity contribution is 5.86. The van der Waals surface area contributed by atoms with Crippen molar-refractivity contribution in [2.45, 2.75) is 51.6 Å². The lowest BCUT2D eigenvalue weighted by molar-refractivity contribution is -0.126. The average molecular weight is 300 g/mol. The van der Waals surface area contributed by atoms with Gasteiger partial charge in [0, 0.05) is 19.1 Å². The standard InChI is InChI=1S/C12H25N3O.2ClH/c1-4-7-15-8-5-10(6-9-15)14-11(16)12(2,3)13;;/h10H,4-9,13H2,1-3H3,(H,14,16);2*1H. The zero-order valence-electron chi connectivity index (χ0n) is 11.6. The molecule has 0 spiro atoms. The predicted octanol–water partition coefficient (Wildman–Crippen LogP) is 1.56. The van der Waals surface area contributed by atoms with Crippen molar-refractivity contribution >= 4 is 30.7 Å². The van der Waals surface area contributed by atoms with E-state index < -0.39 is 5.54 Å². The van der Waals surface area contributed by atoms with E-state index in [2.05, 4.69) is 17.1 Å². The highest BCUT2D eigenvalue weighted by Crippen LogP contribution is 2.11. The molecule has 1 amide bonds. The molecule has 0 aromatic heterocycles. The number of rotatable bonds is 4. The van der Waals surface area contributed by atoms with E-state index in [9.17, 15) is 4.79 Å². The van der Waals surface area contributed by atoms with Crippen molar-refractivity contribution in [1.82, 2.24) is 10.2 Å². The van der Waals surface area contributed by atoms with Crippen LogP contribution in [0, 0.1) is 0 Å². The number of likely N-dealkylation sites (tertiary alicyclic amines) is 1. The quantitative estimate of drug-likeness (QED) is 0.828. The van der Waals surface area contributed by atoms with Gasteiger partial charge in [-0.25, -0.2) is 0 Å². The van der Waals surface area contributed by atoms with Crippen LogP contribution in [0.25, 0.3) is 0 Å². The van der Waals surface area contributed by atoms with E-state index in [4.69, 9.17) is 5.73 Å². The molecule has 0 saturated carbocycles. The summed E-state index contributed by atoms with van der Waals surface area (Å²) in [5, 5.41) is 3.03. The fraction of sp³-hybridized carbons (Fsp3) is 0.917. The van der Waals surface area contributed by atoms with Crippen LogP contribution in [0.2, 0.25) is 0 Å². The van der Waals surface area contributed by atoms with Gasteiger partial charge < -0.3 is 16.0 Å². The van der Waals surface area contributed by atoms with E-state index in [1.807, 2.05) is 0 Å². The summed E-state index contributed by atoms with van der Waals surface area (Å²) in [6.07, 6.45) is 3.29. The normalized spacial score (nSPS) is 17.6. The maximum atomic E-state index is 11.7. The number of nitrogens with two attached hydrogens (primary N) is 1. The lowest BCUT2D eigenvalue weighted by Crippen LogP contribution is -2.54. The molecule has 0 unspecified atom stereocenters. The van der Waals surface area contributed by atoms with Gasteiger partial charge in [0.1, 0.15) is 0 Å². The molecule has 18 heavy (non-hydrogen) atoms. The summed E-state index contributed by atoms with van der Waals surface area (Å²) in [7, 11) is 0. The molecule has 1 aliphatic heterocycles. The second-order valence-corrected chi connectivity index (χ2v) is 5.31. The summed E-state index contributed by atoms with van der Waals surface area (Å²) in [6.45, 7) is 9.03. The van der Waals surface area contributed by atoms with Gasteiger partial charge in [0.05, 0.1) is 5.54 Å². The Labute approximate surface area is 123 Å². The molecule has 4 nitrogen and oxygen atoms in total. The first kappa shape index (κ1) is 20.3. The van der Waals surface area contributed by atoms with Crippen LogP contribution in [0.15, 0.2) is 0 Å². The van der Waals surface area contributed by atoms with Crippen molar-refractivity contribution in [2.24, 2.45) is 5.73 Å². The number of nitrogens with one attached hydrogen (secondary N) is 1. The molecule has 110 valence electrons. The Kier molecular flexibility index (Phi) is 10.1. The number of carbonyl (C=O) groups excluding carboxylic acids is 1. The first-order valence-corrected chi connectivity index (χ1v) is 6.25. The van der Waals surface area contributed by atoms with Crippen molar-refractivity contribution in [3.63, 3.8) is 0 Å². The topological polar surface area (TPSA) is 58.4 Å². The number of hydrogen-bond acceptors (Lipinski definition) is 3. The molecule has 0 aromatic carbocycles. The molecule has 6 heteroatoms. The molecule has 0 aromatic rings. The Morgan fingerprint density at radius 3 is 2.22 bits per heavy atom. The van der Waals surface area contributed by atoms with Crippen LogP contribution >= 0.6 is 24.8 Å². The van der Waals surface area contributed by atoms with E-state index in [-0.39, 0.29) is 30.7 Å². The van der Waals surface area contributed by atoms with Gasteiger partial charge >= 0.3 is 0 Å². The van der Waals surface area contributed by atoms with Crippen LogP contribution in [0.1, 0.15) is 40.0 Å². The second kappa shape index (κ2) is 8.97. The summed E-state index contributed by atoms with van der Waals surface area (Å²) in [6, 6.07) is 0.309. The van der Waals surface area contributed by atoms with Gasteiger partial charge in [-0.2, -0.15) is 0 Å². The monoisotopic (exact) mass is 299 g/mol. The third-order valence-electron chi connectivity index (χ3n) is 3.05. The van der Waals surface area contributed by atoms with Gasteiger partial charge in [-0.05, 0) is 39.7 Å². The maximum Gasteiger partial charge on any atom is 0.239 e. The number of halogens is 2. The molecular weight excluding hydrogens is 273 g/mol. The third kappa shape index (κ3) is 6.78. The van der Waals surface area contributed by atoms with E-state index in [1.165, 1.54) is 13.0 Å². The lowest BCUT2D eigenvalue weighted by atomic mass is 10.0. The average Bonchev–Trinajstić information content (AvgIpc) is 2.20. The zero-order valence-corrected chi connectivity index (χ0v) is 13.2. The maximum absolute atomic E-state index is 11.7. The first-order chi connectivity index (χ1) is 7.43. The highest BCUT2D eigenvalue weighted by Gasteiger charge is 2.26. The molecule has 0 radical (unpaired) electrons. The Morgan fingerprint density at radius 1 is 1.33 bits per heavy atom. The summed E-state index contributed by atoms with van der Waals surface area (Å²) in [5.41, 5.74) is 4.99. The van der Waals surface area contributed by atoms with Gasteiger partial charge in [0.25, 0.3) is 0 Å². The van der Waals surface area contributed by atoms with Crippen LogP contribution in [0.3, 0.4) is 0 Å². The van der Waals surface area contributed by atoms with E-state index in [0.29, 0.717) is 6.04 Å². The zero-order chi connectivity index (χ0) is 12.2. The minimum atomic E-state index is -0.763. The summed E-state index contributed by atoms with van der Waals surface area (Å²) in [5.74, 6) is -0.0403. The number of amides is 1. The highest BCUT2D eigenvalue weighted by atomic mass is 35.5. The van der Waals surface area contributed by atoms with Crippen LogP contribution < -0.4 is 11.1 Å². The second-order valence-electron chi connectivity index (χ2n) is 5.31. The molecule has 0 atom stereocenters. The Morgan fingerprint density at radius 2 is 1.83 bits per heavy atom. The summed E-state index contributed by atoms with van der Waals surface area (Å²) < 4.78 is 0. The molecule has 1 fully saturated rings. The fourth-order valence-electron chi connectivity index (χ4n) is 1.99. The SMILES string of the molecule is CCCN1CCC(NC(=O)C(C)(C)N)CC1.Cl.Cl. The Balaban J connectivity index is 0. The molecule has 1 heterocycles. The largest absolute Gasteiger partial charge is 0.352 e. The van der Waals surface area contributed by atoms with E-state index in [0.717, 1.165) is 25.9 Å². The molecule has 1 aliphatic rings. The van der Waals surface area contributed by atoms with Gasteiger partial charge in [-0.15, -0.1) is 24.8 Å². The van der Waals surface area contributed by atoms with Crippen LogP contribution in [0.4, 0.5) is 0 Å². The van der Waals surface area contributed by atoms with Gasteiger partial charge in [-0.1, -0.05) is 6.92 Å². The van der Waals surface area contributed by atoms with Crippen LogP contribution in [0.5, 0.6) is 0 Å². The van der Waals surface area contributed by atoms with Crippen LogP contribution in [-0.4, -0.2) is 42.0 Å². The van der Waals surface area contributed by atoms with Crippen molar-refractivity contribution in [2.75, 3.05) is 19.6 Å². The van der Waals surface area contributed by atoms with Crippen molar-refractivity contribution in [1.29, 1.82) is 0 Å². The molecule has 1 rings (SSSR count). The predicted molar refractivity (Wildman–Crippen MR) is 80.7 cm³/mol. The summed E-state index contributed by atoms with van der Waals surface area (Å²) in [4.78, 5) is 14.1. The molecule has 0 bridgehead atoms. The Bertz CT molecular complexity index is 236. The third-order valence-corrected chi connectivity index (χ3v) is 3.05. The van der Waals surface area contributed by atoms with Gasteiger partial charge in [0.15, 0.2) is 0 Å². The smallest absolute Gasteiger partial charge is 0.239 e. The molecule has 3 N–H and O–H groups in total. The fourth-order valence-corrected chi connectivity index (χ4v) is 1.99. The van der Waals surface area contributed by atoms with Crippen molar-refractivity contribution < 1.29 is 4.79 Å². The number of hydrogen-bond donors (Lipinski definition) is 2. The first-order valence-electron chi connectivity index (χ1n) is 6.25. The van der Waals surface area contributed by atoms with E-state index >= 15 is 0 Å². The lowest BCUT2D eigenvalue weighted by Gasteiger charge is -2.33. The van der Waals surface area contributed by atoms with Gasteiger partial charge in [0.2, 0.25) is 5.91 Å². The minimum Gasteiger partial charge on any atom is -0.352 e. The van der Waals surface area contributed by atoms with E-state index in [1.54, 1.807) is 13.8 Å². The van der Waals surface area contributed by atoms with Gasteiger partial charge in [-0.3, -0.25) is 4.79 Å². The number of nitrogens with zero attached hydrogens (tertiary/aromatic N) is 1. The molecular formula is C12H27Cl2N3O. The van der Waals surface area contributed by atoms with Crippen LogP contribution in [-0.2, 0) is 4.79 Å². The molecule has 1 saturated heterocycles. The Hall–Kier alpha value is -0.0300. The molecule has 0 aliphatic carbocycles. The minimum absolute atomic E-state index is 0.